The third-order valence-electron chi connectivity index (χ3n) is 3.53. The Morgan fingerprint density at radius 1 is 1.33 bits per heavy atom. The van der Waals surface area contributed by atoms with Gasteiger partial charge in [-0.05, 0) is 31.4 Å². The Bertz CT molecular complexity index is 363. The van der Waals surface area contributed by atoms with Crippen molar-refractivity contribution in [2.45, 2.75) is 51.4 Å². The Kier molecular flexibility index (Phi) is 5.48. The number of halogens is 1. The second-order valence-corrected chi connectivity index (χ2v) is 5.51. The lowest BCUT2D eigenvalue weighted by Crippen LogP contribution is -2.33. The molecule has 100 valence electrons. The van der Waals surface area contributed by atoms with E-state index < -0.39 is 0 Å². The molecule has 1 N–H and O–H groups in total. The van der Waals surface area contributed by atoms with Crippen molar-refractivity contribution in [3.8, 4) is 0 Å². The van der Waals surface area contributed by atoms with Crippen LogP contribution in [-0.4, -0.2) is 18.7 Å². The summed E-state index contributed by atoms with van der Waals surface area (Å²) in [4.78, 5) is 0. The van der Waals surface area contributed by atoms with E-state index in [4.69, 9.17) is 16.3 Å². The summed E-state index contributed by atoms with van der Waals surface area (Å²) in [5.74, 6) is 0. The van der Waals surface area contributed by atoms with Gasteiger partial charge in [0.05, 0.1) is 12.7 Å². The number of rotatable bonds is 6. The van der Waals surface area contributed by atoms with Gasteiger partial charge >= 0.3 is 0 Å². The van der Waals surface area contributed by atoms with E-state index in [-0.39, 0.29) is 6.10 Å². The second kappa shape index (κ2) is 7.13. The van der Waals surface area contributed by atoms with Crippen LogP contribution in [0.25, 0.3) is 0 Å². The number of hydrogen-bond donors (Lipinski definition) is 1. The fourth-order valence-electron chi connectivity index (χ4n) is 2.37. The summed E-state index contributed by atoms with van der Waals surface area (Å²) in [6.07, 6.45) is 5.59. The molecule has 0 amide bonds. The summed E-state index contributed by atoms with van der Waals surface area (Å²) in [5.41, 5.74) is 1.06. The van der Waals surface area contributed by atoms with Crippen LogP contribution in [0.1, 0.15) is 38.2 Å². The molecule has 1 aromatic rings. The summed E-state index contributed by atoms with van der Waals surface area (Å²) < 4.78 is 5.82. The first-order chi connectivity index (χ1) is 8.75. The molecule has 0 aliphatic heterocycles. The molecule has 2 rings (SSSR count). The Hall–Kier alpha value is -0.570. The predicted octanol–water partition coefficient (Wildman–Crippen LogP) is 3.78. The zero-order valence-electron chi connectivity index (χ0n) is 11.0. The molecule has 0 heterocycles. The first-order valence-corrected chi connectivity index (χ1v) is 7.22. The van der Waals surface area contributed by atoms with Crippen LogP contribution in [-0.2, 0) is 11.3 Å². The summed E-state index contributed by atoms with van der Waals surface area (Å²) in [7, 11) is 0. The van der Waals surface area contributed by atoms with Gasteiger partial charge in [-0.15, -0.1) is 0 Å². The van der Waals surface area contributed by atoms with Gasteiger partial charge in [0.1, 0.15) is 0 Å². The Labute approximate surface area is 115 Å². The van der Waals surface area contributed by atoms with Gasteiger partial charge in [0.25, 0.3) is 0 Å². The van der Waals surface area contributed by atoms with E-state index in [0.717, 1.165) is 17.1 Å². The monoisotopic (exact) mass is 267 g/mol. The average molecular weight is 268 g/mol. The molecule has 1 fully saturated rings. The molecule has 0 aromatic heterocycles. The van der Waals surface area contributed by atoms with E-state index in [2.05, 4.69) is 12.2 Å². The minimum absolute atomic E-state index is 0.224. The minimum Gasteiger partial charge on any atom is -0.372 e. The van der Waals surface area contributed by atoms with Gasteiger partial charge in [-0.25, -0.2) is 0 Å². The largest absolute Gasteiger partial charge is 0.372 e. The van der Waals surface area contributed by atoms with Crippen LogP contribution < -0.4 is 5.32 Å². The molecule has 1 unspecified atom stereocenters. The van der Waals surface area contributed by atoms with Crippen LogP contribution in [0.3, 0.4) is 0 Å². The third-order valence-corrected chi connectivity index (χ3v) is 3.90. The molecule has 1 aliphatic rings. The highest BCUT2D eigenvalue weighted by Crippen LogP contribution is 2.18. The van der Waals surface area contributed by atoms with Crippen molar-refractivity contribution in [2.75, 3.05) is 6.54 Å². The molecule has 0 radical (unpaired) electrons. The highest BCUT2D eigenvalue weighted by molar-refractivity contribution is 6.31. The van der Waals surface area contributed by atoms with E-state index in [1.807, 2.05) is 24.3 Å². The normalized spacial score (nSPS) is 18.1. The van der Waals surface area contributed by atoms with Crippen LogP contribution in [0.5, 0.6) is 0 Å². The number of hydrogen-bond acceptors (Lipinski definition) is 2. The molecular formula is C15H22ClNO. The van der Waals surface area contributed by atoms with Crippen LogP contribution >= 0.6 is 11.6 Å². The van der Waals surface area contributed by atoms with Crippen LogP contribution in [0, 0.1) is 0 Å². The quantitative estimate of drug-likeness (QED) is 0.847. The van der Waals surface area contributed by atoms with Gasteiger partial charge in [0.15, 0.2) is 0 Å². The van der Waals surface area contributed by atoms with Crippen molar-refractivity contribution in [3.63, 3.8) is 0 Å². The molecule has 18 heavy (non-hydrogen) atoms. The van der Waals surface area contributed by atoms with Crippen molar-refractivity contribution < 1.29 is 4.74 Å². The van der Waals surface area contributed by atoms with Crippen molar-refractivity contribution in [3.05, 3.63) is 34.9 Å². The van der Waals surface area contributed by atoms with E-state index in [9.17, 15) is 0 Å². The number of ether oxygens (including phenoxy) is 1. The number of nitrogens with one attached hydrogen (secondary N) is 1. The maximum Gasteiger partial charge on any atom is 0.0735 e. The maximum absolute atomic E-state index is 6.09. The zero-order chi connectivity index (χ0) is 12.8. The lowest BCUT2D eigenvalue weighted by atomic mass is 10.2. The van der Waals surface area contributed by atoms with Gasteiger partial charge in [-0.1, -0.05) is 42.6 Å². The number of benzene rings is 1. The maximum atomic E-state index is 6.09. The van der Waals surface area contributed by atoms with Crippen molar-refractivity contribution in [1.82, 2.24) is 5.32 Å². The zero-order valence-corrected chi connectivity index (χ0v) is 11.7. The fourth-order valence-corrected chi connectivity index (χ4v) is 2.56. The average Bonchev–Trinajstić information content (AvgIpc) is 2.88. The molecule has 1 aliphatic carbocycles. The molecular weight excluding hydrogens is 246 g/mol. The highest BCUT2D eigenvalue weighted by Gasteiger charge is 2.15. The molecule has 3 heteroatoms. The topological polar surface area (TPSA) is 21.3 Å². The van der Waals surface area contributed by atoms with Crippen LogP contribution in [0.2, 0.25) is 5.02 Å². The Morgan fingerprint density at radius 3 is 2.78 bits per heavy atom. The minimum atomic E-state index is 0.224. The molecule has 1 aromatic carbocycles. The summed E-state index contributed by atoms with van der Waals surface area (Å²) in [5, 5.41) is 4.36. The van der Waals surface area contributed by atoms with E-state index >= 15 is 0 Å². The van der Waals surface area contributed by atoms with Crippen molar-refractivity contribution >= 4 is 11.6 Å². The second-order valence-electron chi connectivity index (χ2n) is 5.10. The first-order valence-electron chi connectivity index (χ1n) is 6.84. The smallest absolute Gasteiger partial charge is 0.0735 e. The van der Waals surface area contributed by atoms with Crippen molar-refractivity contribution in [1.29, 1.82) is 0 Å². The lowest BCUT2D eigenvalue weighted by molar-refractivity contribution is 0.0515. The predicted molar refractivity (Wildman–Crippen MR) is 76.0 cm³/mol. The van der Waals surface area contributed by atoms with Crippen LogP contribution in [0.15, 0.2) is 24.3 Å². The standard InChI is InChI=1S/C15H22ClNO/c1-12(10-17-14-7-3-4-8-14)18-11-13-6-2-5-9-15(13)16/h2,5-6,9,12,14,17H,3-4,7-8,10-11H2,1H3. The van der Waals surface area contributed by atoms with Gasteiger partial charge < -0.3 is 10.1 Å². The first kappa shape index (κ1) is 13.9. The highest BCUT2D eigenvalue weighted by atomic mass is 35.5. The lowest BCUT2D eigenvalue weighted by Gasteiger charge is -2.17. The molecule has 0 bridgehead atoms. The Morgan fingerprint density at radius 2 is 2.06 bits per heavy atom. The van der Waals surface area contributed by atoms with Gasteiger partial charge in [-0.2, -0.15) is 0 Å². The van der Waals surface area contributed by atoms with Gasteiger partial charge in [0.2, 0.25) is 0 Å². The van der Waals surface area contributed by atoms with Crippen LogP contribution in [0.4, 0.5) is 0 Å². The summed E-state index contributed by atoms with van der Waals surface area (Å²) in [6, 6.07) is 8.56. The molecule has 2 nitrogen and oxygen atoms in total. The molecule has 1 atom stereocenters. The van der Waals surface area contributed by atoms with E-state index in [1.54, 1.807) is 0 Å². The van der Waals surface area contributed by atoms with E-state index in [0.29, 0.717) is 12.6 Å². The SMILES string of the molecule is CC(CNC1CCCC1)OCc1ccccc1Cl. The summed E-state index contributed by atoms with van der Waals surface area (Å²) >= 11 is 6.09. The van der Waals surface area contributed by atoms with Gasteiger partial charge in [-0.3, -0.25) is 0 Å². The van der Waals surface area contributed by atoms with Gasteiger partial charge in [0, 0.05) is 17.6 Å². The summed E-state index contributed by atoms with van der Waals surface area (Å²) in [6.45, 7) is 3.63. The molecule has 0 spiro atoms. The van der Waals surface area contributed by atoms with Crippen molar-refractivity contribution in [2.24, 2.45) is 0 Å². The third kappa shape index (κ3) is 4.27. The van der Waals surface area contributed by atoms with E-state index in [1.165, 1.54) is 25.7 Å². The molecule has 0 saturated heterocycles. The molecule has 1 saturated carbocycles. The fraction of sp³-hybridized carbons (Fsp3) is 0.600. The Balaban J connectivity index is 1.68.